The smallest absolute Gasteiger partial charge is 0.391 e. The Morgan fingerprint density at radius 3 is 2.42 bits per heavy atom. The van der Waals surface area contributed by atoms with Crippen molar-refractivity contribution in [3.8, 4) is 5.75 Å². The van der Waals surface area contributed by atoms with E-state index in [4.69, 9.17) is 9.72 Å². The van der Waals surface area contributed by atoms with E-state index in [1.807, 2.05) is 30.3 Å². The van der Waals surface area contributed by atoms with Crippen LogP contribution in [0.2, 0.25) is 0 Å². The largest absolute Gasteiger partial charge is 0.490 e. The highest BCUT2D eigenvalue weighted by Crippen LogP contribution is 2.38. The van der Waals surface area contributed by atoms with E-state index < -0.39 is 18.1 Å². The highest BCUT2D eigenvalue weighted by Gasteiger charge is 2.41. The lowest BCUT2D eigenvalue weighted by molar-refractivity contribution is -0.185. The molecular weight excluding hydrogens is 433 g/mol. The first-order valence-electron chi connectivity index (χ1n) is 11.9. The van der Waals surface area contributed by atoms with Gasteiger partial charge in [0.25, 0.3) is 0 Å². The number of benzene rings is 1. The number of carboxylic acids is 1. The topological polar surface area (TPSA) is 62.7 Å². The highest BCUT2D eigenvalue weighted by atomic mass is 19.4. The summed E-state index contributed by atoms with van der Waals surface area (Å²) in [5.41, 5.74) is 1.82. The molecule has 33 heavy (non-hydrogen) atoms. The van der Waals surface area contributed by atoms with Gasteiger partial charge in [-0.2, -0.15) is 13.2 Å². The van der Waals surface area contributed by atoms with Crippen LogP contribution in [0.3, 0.4) is 0 Å². The number of aromatic nitrogens is 1. The summed E-state index contributed by atoms with van der Waals surface area (Å²) in [6.45, 7) is 3.61. The van der Waals surface area contributed by atoms with Crippen molar-refractivity contribution in [1.29, 1.82) is 0 Å². The Kier molecular flexibility index (Phi) is 7.12. The van der Waals surface area contributed by atoms with Crippen LogP contribution >= 0.6 is 0 Å². The van der Waals surface area contributed by atoms with Gasteiger partial charge in [-0.25, -0.2) is 0 Å². The number of rotatable bonds is 6. The second kappa shape index (κ2) is 9.87. The normalized spacial score (nSPS) is 24.0. The van der Waals surface area contributed by atoms with E-state index in [1.54, 1.807) is 0 Å². The molecule has 1 atom stereocenters. The summed E-state index contributed by atoms with van der Waals surface area (Å²) in [6.07, 6.45) is -1.03. The first-order valence-corrected chi connectivity index (χ1v) is 11.9. The molecule has 0 radical (unpaired) electrons. The summed E-state index contributed by atoms with van der Waals surface area (Å²) < 4.78 is 44.6. The Bertz CT molecular complexity index is 965. The van der Waals surface area contributed by atoms with Crippen molar-refractivity contribution < 1.29 is 27.8 Å². The third-order valence-corrected chi connectivity index (χ3v) is 7.17. The van der Waals surface area contributed by atoms with Crippen molar-refractivity contribution >= 4 is 16.9 Å². The predicted molar refractivity (Wildman–Crippen MR) is 119 cm³/mol. The van der Waals surface area contributed by atoms with Crippen LogP contribution in [0.4, 0.5) is 13.2 Å². The number of alkyl halides is 3. The Balaban J connectivity index is 1.41. The molecule has 1 unspecified atom stereocenters. The average molecular weight is 465 g/mol. The first kappa shape index (κ1) is 23.8. The number of pyridine rings is 1. The number of ether oxygens (including phenoxy) is 1. The van der Waals surface area contributed by atoms with Gasteiger partial charge < -0.3 is 9.84 Å². The maximum atomic E-state index is 12.9. The summed E-state index contributed by atoms with van der Waals surface area (Å²) >= 11 is 0. The Hall–Kier alpha value is -2.35. The molecule has 2 aromatic rings. The minimum atomic E-state index is -4.11. The van der Waals surface area contributed by atoms with Crippen molar-refractivity contribution in [2.75, 3.05) is 13.1 Å². The monoisotopic (exact) mass is 464 g/mol. The maximum absolute atomic E-state index is 12.9. The summed E-state index contributed by atoms with van der Waals surface area (Å²) in [7, 11) is 0. The van der Waals surface area contributed by atoms with Crippen LogP contribution in [-0.2, 0) is 4.79 Å². The van der Waals surface area contributed by atoms with Crippen molar-refractivity contribution in [2.24, 2.45) is 11.8 Å². The van der Waals surface area contributed by atoms with Crippen LogP contribution in [0.15, 0.2) is 30.3 Å². The molecule has 180 valence electrons. The lowest BCUT2D eigenvalue weighted by Crippen LogP contribution is -2.38. The lowest BCUT2D eigenvalue weighted by atomic mass is 9.87. The van der Waals surface area contributed by atoms with Crippen LogP contribution in [0.1, 0.15) is 63.6 Å². The van der Waals surface area contributed by atoms with E-state index in [0.717, 1.165) is 36.1 Å². The second-order valence-corrected chi connectivity index (χ2v) is 9.30. The molecule has 5 nitrogen and oxygen atoms in total. The number of carboxylic acid groups (broad SMARTS) is 1. The van der Waals surface area contributed by atoms with Crippen LogP contribution < -0.4 is 4.74 Å². The third kappa shape index (κ3) is 5.60. The number of fused-ring (bicyclic) bond motifs is 1. The Morgan fingerprint density at radius 1 is 1.12 bits per heavy atom. The predicted octanol–water partition coefficient (Wildman–Crippen LogP) is 5.98. The summed E-state index contributed by atoms with van der Waals surface area (Å²) in [5, 5.41) is 10.2. The minimum absolute atomic E-state index is 0.120. The van der Waals surface area contributed by atoms with Gasteiger partial charge in [-0.05, 0) is 82.3 Å². The van der Waals surface area contributed by atoms with E-state index in [0.29, 0.717) is 31.4 Å². The van der Waals surface area contributed by atoms with Gasteiger partial charge in [0.1, 0.15) is 5.75 Å². The first-order chi connectivity index (χ1) is 15.7. The van der Waals surface area contributed by atoms with Gasteiger partial charge in [-0.3, -0.25) is 14.7 Å². The van der Waals surface area contributed by atoms with E-state index in [9.17, 15) is 23.1 Å². The molecule has 1 aliphatic carbocycles. The molecule has 1 aromatic heterocycles. The molecule has 0 amide bonds. The standard InChI is InChI=1S/C25H31F3N2O3/c1-2-23(30-13-11-16(12-14-30)24(31)32)22-9-3-17-15-20(8-10-21(17)29-22)33-19-6-4-18(5-7-19)25(26,27)28/h3,8-10,15-16,18-19,23H,2,4-7,11-14H2,1H3,(H,31,32). The number of halogens is 3. The van der Waals surface area contributed by atoms with Gasteiger partial charge in [0.2, 0.25) is 0 Å². The van der Waals surface area contributed by atoms with Crippen LogP contribution in [0, 0.1) is 11.8 Å². The van der Waals surface area contributed by atoms with Crippen LogP contribution in [-0.4, -0.2) is 46.3 Å². The average Bonchev–Trinajstić information content (AvgIpc) is 2.80. The minimum Gasteiger partial charge on any atom is -0.490 e. The second-order valence-electron chi connectivity index (χ2n) is 9.30. The van der Waals surface area contributed by atoms with Gasteiger partial charge in [-0.15, -0.1) is 0 Å². The molecule has 1 N–H and O–H groups in total. The van der Waals surface area contributed by atoms with E-state index in [2.05, 4.69) is 11.8 Å². The third-order valence-electron chi connectivity index (χ3n) is 7.17. The molecule has 4 rings (SSSR count). The summed E-state index contributed by atoms with van der Waals surface area (Å²) in [4.78, 5) is 18.4. The Morgan fingerprint density at radius 2 is 1.82 bits per heavy atom. The van der Waals surface area contributed by atoms with E-state index in [-0.39, 0.29) is 30.9 Å². The fourth-order valence-electron chi connectivity index (χ4n) is 5.19. The lowest BCUT2D eigenvalue weighted by Gasteiger charge is -2.35. The number of carbonyl (C=O) groups is 1. The summed E-state index contributed by atoms with van der Waals surface area (Å²) in [6, 6.07) is 9.81. The van der Waals surface area contributed by atoms with Gasteiger partial charge >= 0.3 is 12.1 Å². The molecule has 1 aromatic carbocycles. The number of nitrogens with zero attached hydrogens (tertiary/aromatic N) is 2. The van der Waals surface area contributed by atoms with Gasteiger partial charge in [0, 0.05) is 5.39 Å². The maximum Gasteiger partial charge on any atom is 0.391 e. The van der Waals surface area contributed by atoms with Crippen molar-refractivity contribution in [1.82, 2.24) is 9.88 Å². The number of hydrogen-bond donors (Lipinski definition) is 1. The molecule has 0 bridgehead atoms. The number of aliphatic carboxylic acids is 1. The van der Waals surface area contributed by atoms with Crippen molar-refractivity contribution in [3.63, 3.8) is 0 Å². The molecule has 2 aliphatic rings. The number of likely N-dealkylation sites (tertiary alicyclic amines) is 1. The van der Waals surface area contributed by atoms with E-state index in [1.165, 1.54) is 0 Å². The highest BCUT2D eigenvalue weighted by molar-refractivity contribution is 5.80. The quantitative estimate of drug-likeness (QED) is 0.570. The fraction of sp³-hybridized carbons (Fsp3) is 0.600. The SMILES string of the molecule is CCC(c1ccc2cc(OC3CCC(C(F)(F)F)CC3)ccc2n1)N1CCC(C(=O)O)CC1. The molecule has 0 spiro atoms. The number of piperidine rings is 1. The van der Waals surface area contributed by atoms with Gasteiger partial charge in [-0.1, -0.05) is 13.0 Å². The number of hydrogen-bond acceptors (Lipinski definition) is 4. The zero-order valence-electron chi connectivity index (χ0n) is 18.9. The van der Waals surface area contributed by atoms with E-state index >= 15 is 0 Å². The van der Waals surface area contributed by atoms with Gasteiger partial charge in [0.05, 0.1) is 35.2 Å². The zero-order valence-corrected chi connectivity index (χ0v) is 18.9. The molecular formula is C25H31F3N2O3. The molecule has 1 aliphatic heterocycles. The molecule has 2 heterocycles. The Labute approximate surface area is 191 Å². The molecule has 1 saturated heterocycles. The molecule has 1 saturated carbocycles. The van der Waals surface area contributed by atoms with Crippen molar-refractivity contribution in [2.45, 2.75) is 70.2 Å². The van der Waals surface area contributed by atoms with Gasteiger partial charge in [0.15, 0.2) is 0 Å². The fourth-order valence-corrected chi connectivity index (χ4v) is 5.19. The molecule has 2 fully saturated rings. The van der Waals surface area contributed by atoms with Crippen LogP contribution in [0.5, 0.6) is 5.75 Å². The zero-order chi connectivity index (χ0) is 23.6. The van der Waals surface area contributed by atoms with Crippen molar-refractivity contribution in [3.05, 3.63) is 36.0 Å². The summed E-state index contributed by atoms with van der Waals surface area (Å²) in [5.74, 6) is -1.52. The molecule has 8 heteroatoms. The van der Waals surface area contributed by atoms with Crippen LogP contribution in [0.25, 0.3) is 10.9 Å².